The van der Waals surface area contributed by atoms with E-state index in [1.165, 1.54) is 5.69 Å². The van der Waals surface area contributed by atoms with Crippen molar-refractivity contribution >= 4 is 5.69 Å². The van der Waals surface area contributed by atoms with Crippen LogP contribution in [0.4, 0.5) is 5.69 Å². The zero-order valence-corrected chi connectivity index (χ0v) is 10.6. The smallest absolute Gasteiger partial charge is 0.0555 e. The molecular weight excluding hydrogens is 200 g/mol. The van der Waals surface area contributed by atoms with Crippen LogP contribution in [0.25, 0.3) is 0 Å². The van der Waals surface area contributed by atoms with Crippen LogP contribution in [0.15, 0.2) is 30.3 Å². The van der Waals surface area contributed by atoms with Crippen molar-refractivity contribution in [3.63, 3.8) is 0 Å². The molecule has 3 heteroatoms. The number of aliphatic hydroxyl groups is 1. The zero-order chi connectivity index (χ0) is 12.2. The number of hydrogen-bond donors (Lipinski definition) is 2. The molecule has 0 saturated heterocycles. The molecule has 0 aliphatic rings. The van der Waals surface area contributed by atoms with E-state index in [1.807, 2.05) is 6.07 Å². The van der Waals surface area contributed by atoms with Gasteiger partial charge < -0.3 is 15.3 Å². The average Bonchev–Trinajstić information content (AvgIpc) is 2.34. The molecule has 0 aromatic heterocycles. The van der Waals surface area contributed by atoms with Gasteiger partial charge in [0.2, 0.25) is 0 Å². The Hall–Kier alpha value is -1.06. The Kier molecular flexibility index (Phi) is 9.76. The number of anilines is 1. The second kappa shape index (κ2) is 10.5. The summed E-state index contributed by atoms with van der Waals surface area (Å²) < 4.78 is 0. The van der Waals surface area contributed by atoms with E-state index in [4.69, 9.17) is 5.11 Å². The van der Waals surface area contributed by atoms with E-state index in [9.17, 15) is 0 Å². The van der Waals surface area contributed by atoms with Gasteiger partial charge in [-0.2, -0.15) is 0 Å². The maximum Gasteiger partial charge on any atom is 0.0555 e. The number of aliphatic hydroxyl groups excluding tert-OH is 1. The number of para-hydroxylation sites is 1. The lowest BCUT2D eigenvalue weighted by molar-refractivity contribution is 0.296. The average molecular weight is 224 g/mol. The third-order valence-electron chi connectivity index (χ3n) is 2.25. The van der Waals surface area contributed by atoms with Crippen LogP contribution in [0.2, 0.25) is 0 Å². The summed E-state index contributed by atoms with van der Waals surface area (Å²) in [4.78, 5) is 2.33. The van der Waals surface area contributed by atoms with Crippen molar-refractivity contribution in [3.8, 4) is 0 Å². The summed E-state index contributed by atoms with van der Waals surface area (Å²) >= 11 is 0. The summed E-state index contributed by atoms with van der Waals surface area (Å²) in [6.07, 6.45) is 0. The van der Waals surface area contributed by atoms with Crippen molar-refractivity contribution in [2.24, 2.45) is 0 Å². The molecule has 2 N–H and O–H groups in total. The fraction of sp³-hybridized carbons (Fsp3) is 0.538. The van der Waals surface area contributed by atoms with Crippen molar-refractivity contribution in [1.29, 1.82) is 0 Å². The third kappa shape index (κ3) is 6.43. The predicted octanol–water partition coefficient (Wildman–Crippen LogP) is 1.73. The summed E-state index contributed by atoms with van der Waals surface area (Å²) in [6.45, 7) is 7.45. The van der Waals surface area contributed by atoms with E-state index in [0.717, 1.165) is 13.1 Å². The van der Waals surface area contributed by atoms with Crippen LogP contribution in [0.5, 0.6) is 0 Å². The second-order valence-electron chi connectivity index (χ2n) is 3.33. The van der Waals surface area contributed by atoms with Crippen LogP contribution in [-0.2, 0) is 0 Å². The molecule has 92 valence electrons. The molecular formula is C13H24N2O. The molecule has 1 rings (SSSR count). The lowest BCUT2D eigenvalue weighted by atomic mass is 10.3. The van der Waals surface area contributed by atoms with Gasteiger partial charge in [-0.05, 0) is 33.0 Å². The number of nitrogens with zero attached hydrogens (tertiary/aromatic N) is 1. The molecule has 1 aromatic carbocycles. The summed E-state index contributed by atoms with van der Waals surface area (Å²) in [5.41, 5.74) is 1.32. The zero-order valence-electron chi connectivity index (χ0n) is 10.6. The van der Waals surface area contributed by atoms with Gasteiger partial charge in [-0.15, -0.1) is 0 Å². The minimum atomic E-state index is 0.233. The highest BCUT2D eigenvalue weighted by atomic mass is 16.3. The van der Waals surface area contributed by atoms with Gasteiger partial charge in [0.05, 0.1) is 6.61 Å². The third-order valence-corrected chi connectivity index (χ3v) is 2.25. The lowest BCUT2D eigenvalue weighted by Gasteiger charge is -2.20. The first-order chi connectivity index (χ1) is 7.79. The van der Waals surface area contributed by atoms with E-state index < -0.39 is 0 Å². The summed E-state index contributed by atoms with van der Waals surface area (Å²) in [5.74, 6) is 0. The predicted molar refractivity (Wildman–Crippen MR) is 71.0 cm³/mol. The molecule has 3 nitrogen and oxygen atoms in total. The van der Waals surface area contributed by atoms with Crippen molar-refractivity contribution in [2.75, 3.05) is 38.2 Å². The Labute approximate surface area is 99.1 Å². The van der Waals surface area contributed by atoms with Crippen LogP contribution in [-0.4, -0.2) is 38.4 Å². The maximum atomic E-state index is 8.00. The monoisotopic (exact) mass is 224 g/mol. The molecule has 0 saturated carbocycles. The number of rotatable bonds is 5. The van der Waals surface area contributed by atoms with Gasteiger partial charge in [0.15, 0.2) is 0 Å². The molecule has 0 heterocycles. The summed E-state index contributed by atoms with van der Waals surface area (Å²) in [6, 6.07) is 10.5. The van der Waals surface area contributed by atoms with Gasteiger partial charge in [0.25, 0.3) is 0 Å². The van der Waals surface area contributed by atoms with Crippen molar-refractivity contribution < 1.29 is 5.11 Å². The van der Waals surface area contributed by atoms with Crippen molar-refractivity contribution in [1.82, 2.24) is 5.32 Å². The first kappa shape index (κ1) is 14.9. The molecule has 0 amide bonds. The summed E-state index contributed by atoms with van der Waals surface area (Å²) in [7, 11) is 1.80. The Balaban J connectivity index is 0.000000385. The minimum absolute atomic E-state index is 0.233. The van der Waals surface area contributed by atoms with Crippen LogP contribution < -0.4 is 10.2 Å². The molecule has 16 heavy (non-hydrogen) atoms. The maximum absolute atomic E-state index is 8.00. The van der Waals surface area contributed by atoms with E-state index in [1.54, 1.807) is 7.05 Å². The minimum Gasteiger partial charge on any atom is -0.395 e. The Morgan fingerprint density at radius 2 is 1.69 bits per heavy atom. The normalized spacial score (nSPS) is 9.25. The Morgan fingerprint density at radius 1 is 1.12 bits per heavy atom. The number of hydrogen-bond acceptors (Lipinski definition) is 3. The van der Waals surface area contributed by atoms with E-state index >= 15 is 0 Å². The standard InChI is InChI=1S/C10H15N.C3H9NO/c1-3-11(4-2)10-8-6-5-7-9-10;1-4-2-3-5/h5-9H,3-4H2,1-2H3;4-5H,2-3H2,1H3. The molecule has 0 radical (unpaired) electrons. The lowest BCUT2D eigenvalue weighted by Crippen LogP contribution is -2.21. The van der Waals surface area contributed by atoms with Crippen LogP contribution in [0.3, 0.4) is 0 Å². The molecule has 0 aliphatic heterocycles. The largest absolute Gasteiger partial charge is 0.395 e. The quantitative estimate of drug-likeness (QED) is 0.799. The van der Waals surface area contributed by atoms with Crippen LogP contribution >= 0.6 is 0 Å². The van der Waals surface area contributed by atoms with Gasteiger partial charge in [-0.3, -0.25) is 0 Å². The first-order valence-corrected chi connectivity index (χ1v) is 5.85. The van der Waals surface area contributed by atoms with E-state index in [-0.39, 0.29) is 6.61 Å². The van der Waals surface area contributed by atoms with Gasteiger partial charge >= 0.3 is 0 Å². The molecule has 0 spiro atoms. The van der Waals surface area contributed by atoms with Gasteiger partial charge in [-0.1, -0.05) is 18.2 Å². The van der Waals surface area contributed by atoms with E-state index in [0.29, 0.717) is 6.54 Å². The van der Waals surface area contributed by atoms with Crippen LogP contribution in [0, 0.1) is 0 Å². The van der Waals surface area contributed by atoms with Crippen molar-refractivity contribution in [3.05, 3.63) is 30.3 Å². The van der Waals surface area contributed by atoms with E-state index in [2.05, 4.69) is 48.3 Å². The number of nitrogens with one attached hydrogen (secondary N) is 1. The van der Waals surface area contributed by atoms with Crippen molar-refractivity contribution in [2.45, 2.75) is 13.8 Å². The second-order valence-corrected chi connectivity index (χ2v) is 3.33. The number of likely N-dealkylation sites (N-methyl/N-ethyl adjacent to an activating group) is 1. The molecule has 0 unspecified atom stereocenters. The Morgan fingerprint density at radius 3 is 2.00 bits per heavy atom. The molecule has 0 aliphatic carbocycles. The highest BCUT2D eigenvalue weighted by molar-refractivity contribution is 5.45. The SMILES string of the molecule is CCN(CC)c1ccccc1.CNCCO. The van der Waals surface area contributed by atoms with Crippen LogP contribution in [0.1, 0.15) is 13.8 Å². The molecule has 0 atom stereocenters. The highest BCUT2D eigenvalue weighted by Crippen LogP contribution is 2.11. The fourth-order valence-corrected chi connectivity index (χ4v) is 1.34. The number of benzene rings is 1. The molecule has 0 fully saturated rings. The van der Waals surface area contributed by atoms with Gasteiger partial charge in [0.1, 0.15) is 0 Å². The summed E-state index contributed by atoms with van der Waals surface area (Å²) in [5, 5.41) is 10.8. The topological polar surface area (TPSA) is 35.5 Å². The molecule has 1 aromatic rings. The van der Waals surface area contributed by atoms with Gasteiger partial charge in [0, 0.05) is 25.3 Å². The van der Waals surface area contributed by atoms with Gasteiger partial charge in [-0.25, -0.2) is 0 Å². The molecule has 0 bridgehead atoms. The first-order valence-electron chi connectivity index (χ1n) is 5.85. The Bertz CT molecular complexity index is 233. The highest BCUT2D eigenvalue weighted by Gasteiger charge is 1.97. The fourth-order valence-electron chi connectivity index (χ4n) is 1.34.